The number of thiazole rings is 1. The highest BCUT2D eigenvalue weighted by Gasteiger charge is 2.21. The van der Waals surface area contributed by atoms with Gasteiger partial charge in [0.1, 0.15) is 0 Å². The van der Waals surface area contributed by atoms with E-state index in [-0.39, 0.29) is 24.8 Å². The lowest BCUT2D eigenvalue weighted by Crippen LogP contribution is -2.37. The van der Waals surface area contributed by atoms with E-state index in [0.29, 0.717) is 23.9 Å². The van der Waals surface area contributed by atoms with Gasteiger partial charge in [-0.2, -0.15) is 0 Å². The lowest BCUT2D eigenvalue weighted by Gasteiger charge is -2.31. The molecule has 0 bridgehead atoms. The number of fused-ring (bicyclic) bond motifs is 1. The minimum absolute atomic E-state index is 0. The van der Waals surface area contributed by atoms with Crippen LogP contribution in [0.4, 0.5) is 5.13 Å². The maximum absolute atomic E-state index is 5.93. The Morgan fingerprint density at radius 3 is 2.36 bits per heavy atom. The van der Waals surface area contributed by atoms with Crippen LogP contribution in [0.2, 0.25) is 0 Å². The largest absolute Gasteiger partial charge is 0.493 e. The first-order chi connectivity index (χ1) is 15.3. The highest BCUT2D eigenvalue weighted by molar-refractivity contribution is 7.22. The van der Waals surface area contributed by atoms with Crippen LogP contribution in [-0.4, -0.2) is 52.0 Å². The van der Waals surface area contributed by atoms with Gasteiger partial charge in [-0.1, -0.05) is 29.5 Å². The monoisotopic (exact) mass is 513 g/mol. The predicted molar refractivity (Wildman–Crippen MR) is 142 cm³/mol. The Kier molecular flexibility index (Phi) is 11.3. The van der Waals surface area contributed by atoms with E-state index in [1.807, 2.05) is 18.2 Å². The van der Waals surface area contributed by atoms with Crippen LogP contribution in [0.15, 0.2) is 42.5 Å². The summed E-state index contributed by atoms with van der Waals surface area (Å²) in [6.45, 7) is 4.80. The van der Waals surface area contributed by atoms with Crippen LogP contribution in [-0.2, 0) is 0 Å². The van der Waals surface area contributed by atoms with Gasteiger partial charge in [0.25, 0.3) is 0 Å². The van der Waals surface area contributed by atoms with Crippen LogP contribution in [0.3, 0.4) is 0 Å². The number of benzene rings is 2. The Hall–Kier alpha value is -1.93. The van der Waals surface area contributed by atoms with Crippen molar-refractivity contribution < 1.29 is 14.2 Å². The minimum atomic E-state index is 0. The van der Waals surface area contributed by atoms with Gasteiger partial charge in [0, 0.05) is 13.1 Å². The number of hydrogen-bond acceptors (Lipinski definition) is 7. The Bertz CT molecular complexity index is 925. The number of rotatable bonds is 10. The van der Waals surface area contributed by atoms with E-state index in [1.54, 1.807) is 25.6 Å². The molecule has 0 unspecified atom stereocenters. The number of halogens is 2. The number of nitrogens with one attached hydrogen (secondary N) is 1. The van der Waals surface area contributed by atoms with Crippen molar-refractivity contribution >= 4 is 51.5 Å². The number of para-hydroxylation sites is 2. The van der Waals surface area contributed by atoms with Crippen LogP contribution in [0.5, 0.6) is 17.2 Å². The van der Waals surface area contributed by atoms with Crippen molar-refractivity contribution in [3.63, 3.8) is 0 Å². The van der Waals surface area contributed by atoms with Crippen molar-refractivity contribution in [2.45, 2.75) is 19.3 Å². The fourth-order valence-electron chi connectivity index (χ4n) is 3.96. The summed E-state index contributed by atoms with van der Waals surface area (Å²) in [6, 6.07) is 14.1. The van der Waals surface area contributed by atoms with Gasteiger partial charge in [0.15, 0.2) is 16.6 Å². The average molecular weight is 515 g/mol. The third kappa shape index (κ3) is 7.03. The minimum Gasteiger partial charge on any atom is -0.493 e. The lowest BCUT2D eigenvalue weighted by atomic mass is 9.97. The number of aromatic nitrogens is 1. The summed E-state index contributed by atoms with van der Waals surface area (Å²) in [7, 11) is 3.29. The fourth-order valence-corrected chi connectivity index (χ4v) is 4.98. The molecule has 33 heavy (non-hydrogen) atoms. The molecule has 0 radical (unpaired) electrons. The van der Waals surface area contributed by atoms with Gasteiger partial charge in [-0.3, -0.25) is 0 Å². The van der Waals surface area contributed by atoms with Crippen LogP contribution in [0.1, 0.15) is 19.3 Å². The molecule has 182 valence electrons. The first-order valence-corrected chi connectivity index (χ1v) is 11.7. The molecule has 4 rings (SSSR count). The molecule has 2 heterocycles. The second-order valence-corrected chi connectivity index (χ2v) is 8.80. The van der Waals surface area contributed by atoms with Crippen molar-refractivity contribution in [1.29, 1.82) is 0 Å². The van der Waals surface area contributed by atoms with Crippen LogP contribution < -0.4 is 24.4 Å². The third-order valence-corrected chi connectivity index (χ3v) is 6.82. The Labute approximate surface area is 212 Å². The van der Waals surface area contributed by atoms with Crippen molar-refractivity contribution in [3.05, 3.63) is 42.5 Å². The zero-order chi connectivity index (χ0) is 21.5. The number of piperidine rings is 1. The predicted octanol–water partition coefficient (Wildman–Crippen LogP) is 5.43. The van der Waals surface area contributed by atoms with E-state index < -0.39 is 0 Å². The smallest absolute Gasteiger partial charge is 0.203 e. The second-order valence-electron chi connectivity index (χ2n) is 7.79. The normalized spacial score (nSPS) is 13.8. The van der Waals surface area contributed by atoms with E-state index >= 15 is 0 Å². The molecule has 3 aromatic rings. The summed E-state index contributed by atoms with van der Waals surface area (Å²) < 4.78 is 17.9. The molecule has 0 spiro atoms. The standard InChI is InChI=1S/C24H31N3O3S.2ClH/c1-28-20-8-5-9-21(29-2)23(20)30-16-6-13-25-17-18-11-14-27(15-12-18)24-26-19-7-3-4-10-22(19)31-24;;/h3-5,7-10,18,25H,6,11-17H2,1-2H3;2*1H. The van der Waals surface area contributed by atoms with E-state index in [9.17, 15) is 0 Å². The van der Waals surface area contributed by atoms with Gasteiger partial charge >= 0.3 is 0 Å². The molecule has 1 N–H and O–H groups in total. The number of anilines is 1. The van der Waals surface area contributed by atoms with E-state index in [4.69, 9.17) is 19.2 Å². The van der Waals surface area contributed by atoms with Crippen LogP contribution in [0, 0.1) is 5.92 Å². The SMILES string of the molecule is COc1cccc(OC)c1OCCCNCC1CCN(c2nc3ccccc3s2)CC1.Cl.Cl. The molecule has 9 heteroatoms. The van der Waals surface area contributed by atoms with E-state index in [1.165, 1.54) is 17.5 Å². The first-order valence-electron chi connectivity index (χ1n) is 10.9. The Balaban J connectivity index is 0.00000193. The summed E-state index contributed by atoms with van der Waals surface area (Å²) in [5.74, 6) is 2.80. The molecule has 1 saturated heterocycles. The quantitative estimate of drug-likeness (QED) is 0.364. The van der Waals surface area contributed by atoms with Gasteiger partial charge in [0.05, 0.1) is 31.0 Å². The average Bonchev–Trinajstić information content (AvgIpc) is 3.26. The number of ether oxygens (including phenoxy) is 3. The fraction of sp³-hybridized carbons (Fsp3) is 0.458. The molecule has 1 fully saturated rings. The molecule has 0 aliphatic carbocycles. The van der Waals surface area contributed by atoms with Crippen molar-refractivity contribution in [2.24, 2.45) is 5.92 Å². The highest BCUT2D eigenvalue weighted by atomic mass is 35.5. The third-order valence-electron chi connectivity index (χ3n) is 5.73. The molecule has 1 aliphatic heterocycles. The molecule has 1 aliphatic rings. The van der Waals surface area contributed by atoms with Crippen molar-refractivity contribution in [2.75, 3.05) is 51.9 Å². The van der Waals surface area contributed by atoms with Crippen molar-refractivity contribution in [3.8, 4) is 17.2 Å². The Morgan fingerprint density at radius 2 is 1.70 bits per heavy atom. The summed E-state index contributed by atoms with van der Waals surface area (Å²) in [4.78, 5) is 7.24. The van der Waals surface area contributed by atoms with Gasteiger partial charge in [-0.25, -0.2) is 4.98 Å². The molecule has 0 saturated carbocycles. The van der Waals surface area contributed by atoms with Gasteiger partial charge in [0.2, 0.25) is 5.75 Å². The number of nitrogens with zero attached hydrogens (tertiary/aromatic N) is 2. The van der Waals surface area contributed by atoms with Crippen LogP contribution in [0.25, 0.3) is 10.2 Å². The van der Waals surface area contributed by atoms with Gasteiger partial charge < -0.3 is 24.4 Å². The lowest BCUT2D eigenvalue weighted by molar-refractivity contribution is 0.267. The summed E-state index contributed by atoms with van der Waals surface area (Å²) in [5.41, 5.74) is 1.11. The molecular weight excluding hydrogens is 481 g/mol. The van der Waals surface area contributed by atoms with Crippen molar-refractivity contribution in [1.82, 2.24) is 10.3 Å². The van der Waals surface area contributed by atoms with Crippen LogP contribution >= 0.6 is 36.2 Å². The second kappa shape index (κ2) is 13.7. The molecule has 0 amide bonds. The first kappa shape index (κ1) is 27.3. The van der Waals surface area contributed by atoms with Gasteiger partial charge in [-0.05, 0) is 62.5 Å². The highest BCUT2D eigenvalue weighted by Crippen LogP contribution is 2.36. The number of methoxy groups -OCH3 is 2. The maximum atomic E-state index is 5.93. The molecule has 6 nitrogen and oxygen atoms in total. The zero-order valence-corrected chi connectivity index (χ0v) is 21.6. The molecule has 2 aromatic carbocycles. The summed E-state index contributed by atoms with van der Waals surface area (Å²) in [6.07, 6.45) is 3.35. The molecule has 0 atom stereocenters. The zero-order valence-electron chi connectivity index (χ0n) is 19.1. The number of hydrogen-bond donors (Lipinski definition) is 1. The summed E-state index contributed by atoms with van der Waals surface area (Å²) >= 11 is 1.80. The summed E-state index contributed by atoms with van der Waals surface area (Å²) in [5, 5.41) is 4.76. The van der Waals surface area contributed by atoms with E-state index in [2.05, 4.69) is 34.5 Å². The van der Waals surface area contributed by atoms with E-state index in [0.717, 1.165) is 49.2 Å². The van der Waals surface area contributed by atoms with Gasteiger partial charge in [-0.15, -0.1) is 24.8 Å². The maximum Gasteiger partial charge on any atom is 0.203 e. The Morgan fingerprint density at radius 1 is 1.00 bits per heavy atom. The molecular formula is C24H33Cl2N3O3S. The topological polar surface area (TPSA) is 55.9 Å². The molecule has 1 aromatic heterocycles.